The number of halogens is 1. The standard InChI is InChI=1S/C8H10ClN3S/c9-8-7(10-13-11-8)6-4-12-2-1-5(6)3-12/h5-6H,1-4H2. The van der Waals surface area contributed by atoms with Crippen molar-refractivity contribution in [2.45, 2.75) is 12.3 Å². The van der Waals surface area contributed by atoms with E-state index in [1.54, 1.807) is 0 Å². The largest absolute Gasteiger partial charge is 0.302 e. The summed E-state index contributed by atoms with van der Waals surface area (Å²) in [5.74, 6) is 1.33. The molecule has 2 aliphatic rings. The summed E-state index contributed by atoms with van der Waals surface area (Å²) >= 11 is 7.21. The molecule has 0 radical (unpaired) electrons. The first-order chi connectivity index (χ1) is 6.34. The molecule has 0 aromatic carbocycles. The highest BCUT2D eigenvalue weighted by Crippen LogP contribution is 2.40. The van der Waals surface area contributed by atoms with Crippen LogP contribution in [0.15, 0.2) is 0 Å². The quantitative estimate of drug-likeness (QED) is 0.713. The third-order valence-electron chi connectivity index (χ3n) is 3.16. The Balaban J connectivity index is 1.91. The van der Waals surface area contributed by atoms with Crippen LogP contribution in [0.5, 0.6) is 0 Å². The summed E-state index contributed by atoms with van der Waals surface area (Å²) in [6.07, 6.45) is 1.30. The van der Waals surface area contributed by atoms with Gasteiger partial charge in [-0.1, -0.05) is 11.6 Å². The van der Waals surface area contributed by atoms with Gasteiger partial charge in [0.25, 0.3) is 0 Å². The minimum Gasteiger partial charge on any atom is -0.302 e. The van der Waals surface area contributed by atoms with Gasteiger partial charge in [-0.3, -0.25) is 0 Å². The molecule has 3 unspecified atom stereocenters. The fraction of sp³-hybridized carbons (Fsp3) is 0.750. The number of hydrogen-bond donors (Lipinski definition) is 0. The van der Waals surface area contributed by atoms with Crippen molar-refractivity contribution < 1.29 is 0 Å². The van der Waals surface area contributed by atoms with Crippen molar-refractivity contribution in [3.63, 3.8) is 0 Å². The summed E-state index contributed by atoms with van der Waals surface area (Å²) in [7, 11) is 0. The molecule has 2 bridgehead atoms. The van der Waals surface area contributed by atoms with Crippen LogP contribution < -0.4 is 0 Å². The number of hydrogen-bond acceptors (Lipinski definition) is 4. The number of rotatable bonds is 1. The van der Waals surface area contributed by atoms with E-state index in [1.807, 2.05) is 0 Å². The average molecular weight is 216 g/mol. The molecule has 0 amide bonds. The highest BCUT2D eigenvalue weighted by molar-refractivity contribution is 6.99. The van der Waals surface area contributed by atoms with Crippen LogP contribution in [0.2, 0.25) is 5.15 Å². The second-order valence-electron chi connectivity index (χ2n) is 3.86. The number of aromatic nitrogens is 2. The molecule has 1 aromatic heterocycles. The van der Waals surface area contributed by atoms with E-state index < -0.39 is 0 Å². The first-order valence-corrected chi connectivity index (χ1v) is 5.66. The number of nitrogens with zero attached hydrogens (tertiary/aromatic N) is 3. The Hall–Kier alpha value is -0.190. The first-order valence-electron chi connectivity index (χ1n) is 4.55. The van der Waals surface area contributed by atoms with Gasteiger partial charge in [0.1, 0.15) is 0 Å². The Morgan fingerprint density at radius 3 is 2.85 bits per heavy atom. The Kier molecular flexibility index (Phi) is 1.82. The van der Waals surface area contributed by atoms with Gasteiger partial charge in [0.05, 0.1) is 17.4 Å². The molecular formula is C8H10ClN3S. The number of piperidine rings is 1. The molecule has 2 aliphatic heterocycles. The molecule has 1 aromatic rings. The molecule has 0 N–H and O–H groups in total. The summed E-state index contributed by atoms with van der Waals surface area (Å²) < 4.78 is 8.31. The maximum absolute atomic E-state index is 5.98. The van der Waals surface area contributed by atoms with Crippen LogP contribution in [0.1, 0.15) is 18.0 Å². The van der Waals surface area contributed by atoms with E-state index in [-0.39, 0.29) is 0 Å². The van der Waals surface area contributed by atoms with E-state index >= 15 is 0 Å². The molecule has 5 heteroatoms. The van der Waals surface area contributed by atoms with Crippen molar-refractivity contribution in [1.82, 2.24) is 13.6 Å². The van der Waals surface area contributed by atoms with Crippen LogP contribution in [-0.4, -0.2) is 33.3 Å². The predicted molar refractivity (Wildman–Crippen MR) is 52.2 cm³/mol. The Labute approximate surface area is 86.0 Å². The van der Waals surface area contributed by atoms with Gasteiger partial charge >= 0.3 is 0 Å². The zero-order chi connectivity index (χ0) is 8.84. The van der Waals surface area contributed by atoms with Crippen LogP contribution >= 0.6 is 23.3 Å². The lowest BCUT2D eigenvalue weighted by Crippen LogP contribution is -2.22. The summed E-state index contributed by atoms with van der Waals surface area (Å²) in [5, 5.41) is 0.628. The smallest absolute Gasteiger partial charge is 0.166 e. The van der Waals surface area contributed by atoms with E-state index in [4.69, 9.17) is 11.6 Å². The highest BCUT2D eigenvalue weighted by Gasteiger charge is 2.40. The van der Waals surface area contributed by atoms with Gasteiger partial charge in [-0.25, -0.2) is 0 Å². The molecule has 2 fully saturated rings. The highest BCUT2D eigenvalue weighted by atomic mass is 35.5. The minimum atomic E-state index is 0.556. The van der Waals surface area contributed by atoms with Crippen LogP contribution in [0.4, 0.5) is 0 Å². The molecule has 0 aliphatic carbocycles. The summed E-state index contributed by atoms with van der Waals surface area (Å²) in [6, 6.07) is 0. The molecule has 70 valence electrons. The third-order valence-corrected chi connectivity index (χ3v) is 4.08. The van der Waals surface area contributed by atoms with E-state index in [0.717, 1.165) is 18.2 Å². The fourth-order valence-corrected chi connectivity index (χ4v) is 3.34. The first kappa shape index (κ1) is 8.15. The summed E-state index contributed by atoms with van der Waals surface area (Å²) in [4.78, 5) is 2.49. The summed E-state index contributed by atoms with van der Waals surface area (Å²) in [5.41, 5.74) is 1.04. The van der Waals surface area contributed by atoms with Gasteiger partial charge in [0.2, 0.25) is 0 Å². The molecule has 3 rings (SSSR count). The maximum Gasteiger partial charge on any atom is 0.166 e. The maximum atomic E-state index is 5.98. The second kappa shape index (κ2) is 2.90. The van der Waals surface area contributed by atoms with Crippen molar-refractivity contribution in [3.8, 4) is 0 Å². The van der Waals surface area contributed by atoms with Gasteiger partial charge in [-0.2, -0.15) is 8.75 Å². The van der Waals surface area contributed by atoms with Crippen LogP contribution in [0, 0.1) is 5.92 Å². The van der Waals surface area contributed by atoms with Gasteiger partial charge in [-0.15, -0.1) is 0 Å². The second-order valence-corrected chi connectivity index (χ2v) is 4.74. The molecule has 0 saturated carbocycles. The average Bonchev–Trinajstić information content (AvgIpc) is 2.77. The lowest BCUT2D eigenvalue weighted by Gasteiger charge is -2.19. The zero-order valence-corrected chi connectivity index (χ0v) is 8.68. The van der Waals surface area contributed by atoms with Gasteiger partial charge in [0.15, 0.2) is 5.15 Å². The monoisotopic (exact) mass is 215 g/mol. The van der Waals surface area contributed by atoms with Gasteiger partial charge in [0, 0.05) is 19.0 Å². The summed E-state index contributed by atoms with van der Waals surface area (Å²) in [6.45, 7) is 3.63. The van der Waals surface area contributed by atoms with Crippen molar-refractivity contribution in [3.05, 3.63) is 10.8 Å². The topological polar surface area (TPSA) is 29.0 Å². The molecular weight excluding hydrogens is 206 g/mol. The Morgan fingerprint density at radius 1 is 1.38 bits per heavy atom. The van der Waals surface area contributed by atoms with Crippen molar-refractivity contribution in [2.75, 3.05) is 19.6 Å². The van der Waals surface area contributed by atoms with Crippen LogP contribution in [0.3, 0.4) is 0 Å². The molecule has 3 heterocycles. The lowest BCUT2D eigenvalue weighted by molar-refractivity contribution is 0.344. The van der Waals surface area contributed by atoms with E-state index in [1.165, 1.54) is 31.2 Å². The SMILES string of the molecule is Clc1nsnc1C1CN2CCC1C2. The van der Waals surface area contributed by atoms with E-state index in [0.29, 0.717) is 11.1 Å². The van der Waals surface area contributed by atoms with Gasteiger partial charge < -0.3 is 4.90 Å². The van der Waals surface area contributed by atoms with Crippen LogP contribution in [0.25, 0.3) is 0 Å². The van der Waals surface area contributed by atoms with Gasteiger partial charge in [-0.05, 0) is 18.9 Å². The molecule has 3 nitrogen and oxygen atoms in total. The Morgan fingerprint density at radius 2 is 2.31 bits per heavy atom. The van der Waals surface area contributed by atoms with Crippen molar-refractivity contribution in [1.29, 1.82) is 0 Å². The fourth-order valence-electron chi connectivity index (χ4n) is 2.50. The number of fused-ring (bicyclic) bond motifs is 2. The van der Waals surface area contributed by atoms with E-state index in [9.17, 15) is 0 Å². The molecule has 3 atom stereocenters. The molecule has 2 saturated heterocycles. The van der Waals surface area contributed by atoms with Crippen LogP contribution in [-0.2, 0) is 0 Å². The minimum absolute atomic E-state index is 0.556. The normalized spacial score (nSPS) is 37.2. The van der Waals surface area contributed by atoms with Crippen molar-refractivity contribution in [2.24, 2.45) is 5.92 Å². The van der Waals surface area contributed by atoms with Crippen molar-refractivity contribution >= 4 is 23.3 Å². The third kappa shape index (κ3) is 1.20. The van der Waals surface area contributed by atoms with E-state index in [2.05, 4.69) is 13.6 Å². The lowest BCUT2D eigenvalue weighted by atomic mass is 9.90. The zero-order valence-electron chi connectivity index (χ0n) is 7.11. The Bertz CT molecular complexity index is 327. The predicted octanol–water partition coefficient (Wildman–Crippen LogP) is 1.61. The molecule has 13 heavy (non-hydrogen) atoms. The molecule has 0 spiro atoms.